The van der Waals surface area contributed by atoms with Crippen molar-refractivity contribution < 1.29 is 13.5 Å². The highest BCUT2D eigenvalue weighted by Gasteiger charge is 2.28. The number of halogens is 1. The molecule has 0 fully saturated rings. The molecule has 0 saturated heterocycles. The van der Waals surface area contributed by atoms with E-state index in [1.54, 1.807) is 12.1 Å². The molecule has 1 aromatic rings. The normalized spacial score (nSPS) is 14.6. The largest absolute Gasteiger partial charge is 0.392 e. The van der Waals surface area contributed by atoms with E-state index in [-0.39, 0.29) is 10.6 Å². The molecule has 0 aliphatic heterocycles. The highest BCUT2D eigenvalue weighted by atomic mass is 79.9. The second kappa shape index (κ2) is 5.08. The van der Waals surface area contributed by atoms with E-state index in [0.717, 1.165) is 4.47 Å². The number of sulfone groups is 1. The topological polar surface area (TPSA) is 54.4 Å². The minimum absolute atomic E-state index is 0.240. The van der Waals surface area contributed by atoms with E-state index >= 15 is 0 Å². The van der Waals surface area contributed by atoms with Crippen molar-refractivity contribution >= 4 is 25.8 Å². The fraction of sp³-hybridized carbons (Fsp3) is 0.500. The minimum atomic E-state index is -3.43. The average molecular weight is 321 g/mol. The molecule has 0 amide bonds. The Morgan fingerprint density at radius 2 is 1.71 bits per heavy atom. The van der Waals surface area contributed by atoms with E-state index in [4.69, 9.17) is 0 Å². The maximum atomic E-state index is 12.0. The summed E-state index contributed by atoms with van der Waals surface area (Å²) in [5, 5.41) is 9.85. The molecule has 0 aromatic heterocycles. The maximum Gasteiger partial charge on any atom is 0.180 e. The van der Waals surface area contributed by atoms with Gasteiger partial charge in [0.05, 0.1) is 16.8 Å². The summed E-state index contributed by atoms with van der Waals surface area (Å²) in [6, 6.07) is 6.43. The Balaban J connectivity index is 2.94. The predicted octanol–water partition coefficient (Wildman–Crippen LogP) is 2.63. The van der Waals surface area contributed by atoms with Gasteiger partial charge in [-0.25, -0.2) is 8.42 Å². The van der Waals surface area contributed by atoms with Crippen LogP contribution in [0.1, 0.15) is 20.8 Å². The molecule has 1 aromatic carbocycles. The summed E-state index contributed by atoms with van der Waals surface area (Å²) in [5.41, 5.74) is -0.442. The van der Waals surface area contributed by atoms with Gasteiger partial charge >= 0.3 is 0 Å². The van der Waals surface area contributed by atoms with Crippen molar-refractivity contribution in [3.8, 4) is 0 Å². The summed E-state index contributed by atoms with van der Waals surface area (Å²) >= 11 is 3.25. The zero-order valence-electron chi connectivity index (χ0n) is 10.1. The quantitative estimate of drug-likeness (QED) is 0.931. The first-order valence-electron chi connectivity index (χ1n) is 5.29. The van der Waals surface area contributed by atoms with Gasteiger partial charge in [-0.15, -0.1) is 0 Å². The molecule has 1 atom stereocenters. The molecule has 5 heteroatoms. The van der Waals surface area contributed by atoms with E-state index in [1.165, 1.54) is 12.1 Å². The van der Waals surface area contributed by atoms with Gasteiger partial charge in [0.2, 0.25) is 0 Å². The smallest absolute Gasteiger partial charge is 0.180 e. The fourth-order valence-corrected chi connectivity index (χ4v) is 3.12. The third-order valence-corrected chi connectivity index (χ3v) is 4.82. The van der Waals surface area contributed by atoms with Gasteiger partial charge in [0, 0.05) is 4.47 Å². The van der Waals surface area contributed by atoms with Gasteiger partial charge in [0.1, 0.15) is 0 Å². The summed E-state index contributed by atoms with van der Waals surface area (Å²) in [7, 11) is -3.43. The Bertz CT molecular complexity index is 471. The molecule has 1 rings (SSSR count). The van der Waals surface area contributed by atoms with Crippen molar-refractivity contribution in [1.82, 2.24) is 0 Å². The Kier molecular flexibility index (Phi) is 4.38. The van der Waals surface area contributed by atoms with Crippen molar-refractivity contribution in [1.29, 1.82) is 0 Å². The van der Waals surface area contributed by atoms with Crippen LogP contribution < -0.4 is 0 Å². The fourth-order valence-electron chi connectivity index (χ4n) is 1.20. The van der Waals surface area contributed by atoms with Gasteiger partial charge in [-0.1, -0.05) is 36.7 Å². The molecule has 0 aliphatic rings. The molecular formula is C12H17BrO3S. The van der Waals surface area contributed by atoms with Crippen LogP contribution in [0.25, 0.3) is 0 Å². The third kappa shape index (κ3) is 4.08. The second-order valence-electron chi connectivity index (χ2n) is 5.12. The summed E-state index contributed by atoms with van der Waals surface area (Å²) in [4.78, 5) is 0.240. The van der Waals surface area contributed by atoms with Crippen LogP contribution in [0.3, 0.4) is 0 Å². The lowest BCUT2D eigenvalue weighted by Gasteiger charge is -2.25. The highest BCUT2D eigenvalue weighted by molar-refractivity contribution is 9.10. The molecule has 0 spiro atoms. The Morgan fingerprint density at radius 3 is 2.12 bits per heavy atom. The molecule has 1 N–H and O–H groups in total. The van der Waals surface area contributed by atoms with Crippen LogP contribution in [-0.4, -0.2) is 25.4 Å². The number of rotatable bonds is 3. The zero-order valence-corrected chi connectivity index (χ0v) is 12.5. The molecule has 0 aliphatic carbocycles. The molecule has 96 valence electrons. The lowest BCUT2D eigenvalue weighted by atomic mass is 9.90. The third-order valence-electron chi connectivity index (χ3n) is 2.55. The summed E-state index contributed by atoms with van der Waals surface area (Å²) in [6.07, 6.45) is -0.879. The van der Waals surface area contributed by atoms with Crippen molar-refractivity contribution in [2.24, 2.45) is 5.41 Å². The molecule has 3 nitrogen and oxygen atoms in total. The van der Waals surface area contributed by atoms with Crippen LogP contribution in [0.5, 0.6) is 0 Å². The van der Waals surface area contributed by atoms with Gasteiger partial charge in [0.15, 0.2) is 9.84 Å². The lowest BCUT2D eigenvalue weighted by Crippen LogP contribution is -2.33. The predicted molar refractivity (Wildman–Crippen MR) is 71.7 cm³/mol. The number of aliphatic hydroxyl groups is 1. The van der Waals surface area contributed by atoms with E-state index in [0.29, 0.717) is 0 Å². The molecule has 0 bridgehead atoms. The average Bonchev–Trinajstić information content (AvgIpc) is 2.16. The van der Waals surface area contributed by atoms with Crippen LogP contribution in [0.2, 0.25) is 0 Å². The number of hydrogen-bond acceptors (Lipinski definition) is 3. The summed E-state index contributed by atoms with van der Waals surface area (Å²) < 4.78 is 24.9. The van der Waals surface area contributed by atoms with Crippen molar-refractivity contribution in [3.05, 3.63) is 28.7 Å². The maximum absolute atomic E-state index is 12.0. The lowest BCUT2D eigenvalue weighted by molar-refractivity contribution is 0.0826. The molecule has 1 unspecified atom stereocenters. The number of hydrogen-bond donors (Lipinski definition) is 1. The Morgan fingerprint density at radius 1 is 1.24 bits per heavy atom. The van der Waals surface area contributed by atoms with Gasteiger partial charge in [-0.2, -0.15) is 0 Å². The Labute approximate surface area is 111 Å². The van der Waals surface area contributed by atoms with E-state index in [2.05, 4.69) is 15.9 Å². The van der Waals surface area contributed by atoms with Gasteiger partial charge in [-0.05, 0) is 29.7 Å². The molecule has 0 saturated carbocycles. The van der Waals surface area contributed by atoms with E-state index in [1.807, 2.05) is 20.8 Å². The molecule has 17 heavy (non-hydrogen) atoms. The standard InChI is InChI=1S/C12H17BrO3S/c1-12(2,3)11(14)8-17(15,16)10-6-4-9(13)5-7-10/h4-7,11,14H,8H2,1-3H3. The first-order valence-corrected chi connectivity index (χ1v) is 7.74. The minimum Gasteiger partial charge on any atom is -0.392 e. The van der Waals surface area contributed by atoms with Crippen LogP contribution in [0.15, 0.2) is 33.6 Å². The van der Waals surface area contributed by atoms with Gasteiger partial charge in [0.25, 0.3) is 0 Å². The highest BCUT2D eigenvalue weighted by Crippen LogP contribution is 2.23. The molecular weight excluding hydrogens is 304 g/mol. The van der Waals surface area contributed by atoms with Gasteiger partial charge < -0.3 is 5.11 Å². The van der Waals surface area contributed by atoms with Crippen molar-refractivity contribution in [3.63, 3.8) is 0 Å². The first-order chi connectivity index (χ1) is 7.63. The molecule has 0 heterocycles. The van der Waals surface area contributed by atoms with Crippen molar-refractivity contribution in [2.75, 3.05) is 5.75 Å². The number of aliphatic hydroxyl groups excluding tert-OH is 1. The summed E-state index contributed by atoms with van der Waals surface area (Å²) in [6.45, 7) is 5.44. The van der Waals surface area contributed by atoms with E-state index < -0.39 is 21.4 Å². The van der Waals surface area contributed by atoms with Gasteiger partial charge in [-0.3, -0.25) is 0 Å². The SMILES string of the molecule is CC(C)(C)C(O)CS(=O)(=O)c1ccc(Br)cc1. The molecule has 0 radical (unpaired) electrons. The second-order valence-corrected chi connectivity index (χ2v) is 8.07. The summed E-state index contributed by atoms with van der Waals surface area (Å²) in [5.74, 6) is -0.252. The van der Waals surface area contributed by atoms with Crippen LogP contribution >= 0.6 is 15.9 Å². The van der Waals surface area contributed by atoms with Crippen molar-refractivity contribution in [2.45, 2.75) is 31.8 Å². The zero-order chi connectivity index (χ0) is 13.3. The Hall–Kier alpha value is -0.390. The number of benzene rings is 1. The van der Waals surface area contributed by atoms with Crippen LogP contribution in [0.4, 0.5) is 0 Å². The monoisotopic (exact) mass is 320 g/mol. The van der Waals surface area contributed by atoms with E-state index in [9.17, 15) is 13.5 Å². The van der Waals surface area contributed by atoms with Crippen LogP contribution in [-0.2, 0) is 9.84 Å². The first kappa shape index (κ1) is 14.7. The van der Waals surface area contributed by atoms with Crippen LogP contribution in [0, 0.1) is 5.41 Å².